The molecule has 4 rings (SSSR count). The van der Waals surface area contributed by atoms with Gasteiger partial charge in [-0.25, -0.2) is 9.59 Å². The maximum atomic E-state index is 11.1. The van der Waals surface area contributed by atoms with Crippen molar-refractivity contribution in [2.45, 2.75) is 32.1 Å². The number of hydrogen-bond acceptors (Lipinski definition) is 3. The molecular weight excluding hydrogens is 555 g/mol. The molecule has 2 N–H and O–H groups in total. The van der Waals surface area contributed by atoms with Crippen molar-refractivity contribution in [2.75, 3.05) is 6.54 Å². The Labute approximate surface area is 241 Å². The van der Waals surface area contributed by atoms with Crippen LogP contribution in [0.4, 0.5) is 13.2 Å². The van der Waals surface area contributed by atoms with Gasteiger partial charge in [-0.1, -0.05) is 90.5 Å². The third-order valence-corrected chi connectivity index (χ3v) is 6.42. The number of rotatable bonds is 10. The van der Waals surface area contributed by atoms with Gasteiger partial charge < -0.3 is 10.2 Å². The Hall–Kier alpha value is -4.14. The number of aliphatic carboxylic acids is 1. The predicted molar refractivity (Wildman–Crippen MR) is 153 cm³/mol. The Bertz CT molecular complexity index is 1390. The molecule has 0 heterocycles. The van der Waals surface area contributed by atoms with Gasteiger partial charge in [-0.05, 0) is 71.5 Å². The summed E-state index contributed by atoms with van der Waals surface area (Å²) in [6.45, 7) is 2.72. The number of hydrogen-bond donors (Lipinski definition) is 2. The maximum Gasteiger partial charge on any atom is 0.490 e. The van der Waals surface area contributed by atoms with Crippen LogP contribution >= 0.6 is 11.6 Å². The van der Waals surface area contributed by atoms with Crippen LogP contribution in [0.5, 0.6) is 0 Å². The van der Waals surface area contributed by atoms with Crippen molar-refractivity contribution in [2.24, 2.45) is 0 Å². The van der Waals surface area contributed by atoms with Crippen LogP contribution in [-0.2, 0) is 24.3 Å². The van der Waals surface area contributed by atoms with Crippen LogP contribution in [0, 0.1) is 0 Å². The van der Waals surface area contributed by atoms with Crippen molar-refractivity contribution >= 4 is 23.5 Å². The van der Waals surface area contributed by atoms with E-state index in [1.165, 1.54) is 16.7 Å². The van der Waals surface area contributed by atoms with Gasteiger partial charge in [0.15, 0.2) is 0 Å². The summed E-state index contributed by atoms with van der Waals surface area (Å²) in [5.74, 6) is -3.66. The first kappa shape index (κ1) is 31.4. The molecule has 0 aliphatic carbocycles. The lowest BCUT2D eigenvalue weighted by Crippen LogP contribution is -2.24. The molecule has 0 fully saturated rings. The lowest BCUT2D eigenvalue weighted by atomic mass is 10.0. The number of carbonyl (C=O) groups is 2. The van der Waals surface area contributed by atoms with E-state index >= 15 is 0 Å². The summed E-state index contributed by atoms with van der Waals surface area (Å²) < 4.78 is 31.7. The highest BCUT2D eigenvalue weighted by Gasteiger charge is 2.38. The van der Waals surface area contributed by atoms with Crippen LogP contribution in [0.15, 0.2) is 103 Å². The quantitative estimate of drug-likeness (QED) is 0.198. The molecular formula is C32H29ClF3NO4. The number of alkyl halides is 3. The van der Waals surface area contributed by atoms with Crippen LogP contribution < -0.4 is 0 Å². The third kappa shape index (κ3) is 10.7. The summed E-state index contributed by atoms with van der Waals surface area (Å²) in [5.41, 5.74) is 6.26. The largest absolute Gasteiger partial charge is 0.490 e. The van der Waals surface area contributed by atoms with E-state index in [9.17, 15) is 18.0 Å². The highest BCUT2D eigenvalue weighted by molar-refractivity contribution is 6.30. The zero-order chi connectivity index (χ0) is 29.8. The molecule has 9 heteroatoms. The summed E-state index contributed by atoms with van der Waals surface area (Å²) in [6, 6.07) is 34.2. The number of aromatic carboxylic acids is 1. The molecule has 0 amide bonds. The highest BCUT2D eigenvalue weighted by Crippen LogP contribution is 2.22. The van der Waals surface area contributed by atoms with Crippen molar-refractivity contribution in [3.63, 3.8) is 0 Å². The molecule has 0 bridgehead atoms. The second kappa shape index (κ2) is 15.0. The van der Waals surface area contributed by atoms with E-state index in [2.05, 4.69) is 71.6 Å². The zero-order valence-corrected chi connectivity index (χ0v) is 22.8. The summed E-state index contributed by atoms with van der Waals surface area (Å²) in [7, 11) is 0. The van der Waals surface area contributed by atoms with E-state index in [0.717, 1.165) is 48.6 Å². The number of benzene rings is 4. The third-order valence-electron chi connectivity index (χ3n) is 6.17. The maximum absolute atomic E-state index is 11.1. The number of aryl methyl sites for hydroxylation is 1. The number of carboxylic acid groups (broad SMARTS) is 2. The molecule has 5 nitrogen and oxygen atoms in total. The standard InChI is InChI=1S/C30H28ClNO2.C2HF3O2/c31-29-18-10-25(11-19-29)22-32(20-4-7-23-5-2-1-3-6-23)21-24-8-12-26(13-9-24)27-14-16-28(17-15-27)30(33)34;3-2(4,5)1(6)7/h1-3,5-6,8-19H,4,7,20-22H2,(H,33,34);(H,6,7). The fourth-order valence-electron chi connectivity index (χ4n) is 4.08. The highest BCUT2D eigenvalue weighted by atomic mass is 35.5. The second-order valence-electron chi connectivity index (χ2n) is 9.31. The van der Waals surface area contributed by atoms with E-state index in [1.807, 2.05) is 24.3 Å². The number of carboxylic acids is 2. The van der Waals surface area contributed by atoms with E-state index in [-0.39, 0.29) is 0 Å². The minimum atomic E-state index is -5.08. The Morgan fingerprint density at radius 3 is 1.61 bits per heavy atom. The lowest BCUT2D eigenvalue weighted by molar-refractivity contribution is -0.192. The second-order valence-corrected chi connectivity index (χ2v) is 9.75. The number of halogens is 4. The summed E-state index contributed by atoms with van der Waals surface area (Å²) in [5, 5.41) is 17.0. The van der Waals surface area contributed by atoms with Gasteiger partial charge in [-0.15, -0.1) is 0 Å². The molecule has 4 aromatic rings. The molecule has 41 heavy (non-hydrogen) atoms. The van der Waals surface area contributed by atoms with Gasteiger partial charge in [0.25, 0.3) is 0 Å². The molecule has 214 valence electrons. The van der Waals surface area contributed by atoms with Gasteiger partial charge in [0, 0.05) is 18.1 Å². The molecule has 0 saturated heterocycles. The fourth-order valence-corrected chi connectivity index (χ4v) is 4.21. The zero-order valence-electron chi connectivity index (χ0n) is 22.0. The van der Waals surface area contributed by atoms with Gasteiger partial charge in [0.1, 0.15) is 0 Å². The first-order chi connectivity index (χ1) is 19.5. The molecule has 4 aromatic carbocycles. The minimum absolute atomic E-state index is 0.300. The molecule has 0 aliphatic heterocycles. The van der Waals surface area contributed by atoms with Crippen LogP contribution in [-0.4, -0.2) is 39.8 Å². The Kier molecular flexibility index (Phi) is 11.5. The van der Waals surface area contributed by atoms with Gasteiger partial charge in [-0.2, -0.15) is 13.2 Å². The van der Waals surface area contributed by atoms with Crippen molar-refractivity contribution in [1.29, 1.82) is 0 Å². The average Bonchev–Trinajstić information content (AvgIpc) is 2.95. The fraction of sp³-hybridized carbons (Fsp3) is 0.188. The average molecular weight is 584 g/mol. The SMILES string of the molecule is O=C(O)C(F)(F)F.O=C(O)c1ccc(-c2ccc(CN(CCCc3ccccc3)Cc3ccc(Cl)cc3)cc2)cc1. The first-order valence-electron chi connectivity index (χ1n) is 12.7. The van der Waals surface area contributed by atoms with Crippen LogP contribution in [0.1, 0.15) is 33.5 Å². The van der Waals surface area contributed by atoms with Gasteiger partial charge >= 0.3 is 18.1 Å². The summed E-state index contributed by atoms with van der Waals surface area (Å²) in [6.07, 6.45) is -2.94. The lowest BCUT2D eigenvalue weighted by Gasteiger charge is -2.23. The van der Waals surface area contributed by atoms with Crippen molar-refractivity contribution in [1.82, 2.24) is 4.90 Å². The Morgan fingerprint density at radius 1 is 0.683 bits per heavy atom. The molecule has 0 aromatic heterocycles. The van der Waals surface area contributed by atoms with E-state index in [1.54, 1.807) is 12.1 Å². The van der Waals surface area contributed by atoms with Crippen molar-refractivity contribution in [3.05, 3.63) is 130 Å². The topological polar surface area (TPSA) is 77.8 Å². The van der Waals surface area contributed by atoms with Crippen LogP contribution in [0.25, 0.3) is 11.1 Å². The van der Waals surface area contributed by atoms with E-state index in [0.29, 0.717) is 5.56 Å². The summed E-state index contributed by atoms with van der Waals surface area (Å²) >= 11 is 6.08. The minimum Gasteiger partial charge on any atom is -0.478 e. The first-order valence-corrected chi connectivity index (χ1v) is 13.1. The normalized spacial score (nSPS) is 11.0. The van der Waals surface area contributed by atoms with Gasteiger partial charge in [-0.3, -0.25) is 4.90 Å². The monoisotopic (exact) mass is 583 g/mol. The van der Waals surface area contributed by atoms with Crippen molar-refractivity contribution < 1.29 is 33.0 Å². The number of nitrogens with zero attached hydrogens (tertiary/aromatic N) is 1. The predicted octanol–water partition coefficient (Wildman–Crippen LogP) is 7.97. The molecule has 0 unspecified atom stereocenters. The van der Waals surface area contributed by atoms with E-state index < -0.39 is 18.1 Å². The molecule has 0 aliphatic rings. The molecule has 0 saturated carbocycles. The van der Waals surface area contributed by atoms with Crippen LogP contribution in [0.2, 0.25) is 5.02 Å². The van der Waals surface area contributed by atoms with Crippen molar-refractivity contribution in [3.8, 4) is 11.1 Å². The van der Waals surface area contributed by atoms with Gasteiger partial charge in [0.2, 0.25) is 0 Å². The molecule has 0 spiro atoms. The van der Waals surface area contributed by atoms with E-state index in [4.69, 9.17) is 26.6 Å². The molecule has 0 atom stereocenters. The summed E-state index contributed by atoms with van der Waals surface area (Å²) in [4.78, 5) is 22.5. The smallest absolute Gasteiger partial charge is 0.478 e. The Balaban J connectivity index is 0.000000587. The van der Waals surface area contributed by atoms with Crippen LogP contribution in [0.3, 0.4) is 0 Å². The molecule has 0 radical (unpaired) electrons. The Morgan fingerprint density at radius 2 is 1.15 bits per heavy atom. The van der Waals surface area contributed by atoms with Gasteiger partial charge in [0.05, 0.1) is 5.56 Å².